The molecule has 0 aromatic heterocycles. The first-order valence-corrected chi connectivity index (χ1v) is 8.02. The molecule has 1 saturated heterocycles. The first-order chi connectivity index (χ1) is 8.80. The first kappa shape index (κ1) is 16.1. The summed E-state index contributed by atoms with van der Waals surface area (Å²) in [5.41, 5.74) is 0. The largest absolute Gasteiger partial charge is 0.374 e. The van der Waals surface area contributed by atoms with Crippen LogP contribution in [0.1, 0.15) is 59.3 Å². The minimum atomic E-state index is 0.509. The van der Waals surface area contributed by atoms with Gasteiger partial charge >= 0.3 is 0 Å². The lowest BCUT2D eigenvalue weighted by Crippen LogP contribution is -2.69. The van der Waals surface area contributed by atoms with Crippen LogP contribution in [0.15, 0.2) is 0 Å². The summed E-state index contributed by atoms with van der Waals surface area (Å²) in [6.07, 6.45) is 10.5. The second-order valence-electron chi connectivity index (χ2n) is 5.65. The van der Waals surface area contributed by atoms with Crippen LogP contribution in [0, 0.1) is 5.92 Å². The molecule has 1 aliphatic heterocycles. The van der Waals surface area contributed by atoms with Crippen molar-refractivity contribution in [2.24, 2.45) is 5.92 Å². The van der Waals surface area contributed by atoms with Crippen LogP contribution in [-0.4, -0.2) is 21.5 Å². The van der Waals surface area contributed by atoms with Crippen molar-refractivity contribution in [3.05, 3.63) is 0 Å². The summed E-state index contributed by atoms with van der Waals surface area (Å²) in [6, 6.07) is 0. The minimum absolute atomic E-state index is 0.509. The second-order valence-corrected chi connectivity index (χ2v) is 5.65. The molecule has 102 valence electrons. The molecule has 0 saturated carbocycles. The Labute approximate surface area is 115 Å². The molecular weight excluding hydrogens is 219 g/mol. The van der Waals surface area contributed by atoms with E-state index < -0.39 is 0 Å². The molecule has 0 radical (unpaired) electrons. The fourth-order valence-corrected chi connectivity index (χ4v) is 2.73. The van der Waals surface area contributed by atoms with Crippen molar-refractivity contribution >= 4 is 21.5 Å². The van der Waals surface area contributed by atoms with Gasteiger partial charge in [-0.2, -0.15) is 0 Å². The summed E-state index contributed by atoms with van der Waals surface area (Å²) in [7, 11) is 0.955. The van der Waals surface area contributed by atoms with Crippen LogP contribution >= 0.6 is 0 Å². The van der Waals surface area contributed by atoms with Crippen LogP contribution in [0.4, 0.5) is 0 Å². The molecule has 0 bridgehead atoms. The zero-order valence-corrected chi connectivity index (χ0v) is 12.6. The van der Waals surface area contributed by atoms with Crippen LogP contribution in [0.25, 0.3) is 0 Å². The fraction of sp³-hybridized carbons (Fsp3) is 1.00. The Morgan fingerprint density at radius 2 is 1.72 bits per heavy atom. The van der Waals surface area contributed by atoms with Gasteiger partial charge in [0.25, 0.3) is 21.5 Å². The molecule has 1 unspecified atom stereocenters. The quantitative estimate of drug-likeness (QED) is 0.547. The standard InChI is InChI=1S/C12H30B3N3/c1-4-7-9-12(6-3)11-15-17-13-16-14(18-15)10-8-5-2/h12-13,16-18H,4-11H2,1-3H3. The van der Waals surface area contributed by atoms with Crippen molar-refractivity contribution in [3.63, 3.8) is 0 Å². The van der Waals surface area contributed by atoms with Gasteiger partial charge in [-0.25, -0.2) is 0 Å². The third-order valence-electron chi connectivity index (χ3n) is 4.06. The van der Waals surface area contributed by atoms with Crippen molar-refractivity contribution in [2.75, 3.05) is 0 Å². The molecule has 3 nitrogen and oxygen atoms in total. The smallest absolute Gasteiger partial charge is 0.284 e. The predicted molar refractivity (Wildman–Crippen MR) is 85.9 cm³/mol. The van der Waals surface area contributed by atoms with Crippen molar-refractivity contribution < 1.29 is 0 Å². The number of hydrogen-bond acceptors (Lipinski definition) is 3. The molecule has 1 aliphatic rings. The molecule has 18 heavy (non-hydrogen) atoms. The summed E-state index contributed by atoms with van der Waals surface area (Å²) < 4.78 is 0. The van der Waals surface area contributed by atoms with E-state index in [1.807, 2.05) is 0 Å². The van der Waals surface area contributed by atoms with Crippen LogP contribution in [0.3, 0.4) is 0 Å². The maximum Gasteiger partial charge on any atom is 0.284 e. The van der Waals surface area contributed by atoms with Crippen molar-refractivity contribution in [2.45, 2.75) is 71.9 Å². The van der Waals surface area contributed by atoms with E-state index in [1.54, 1.807) is 0 Å². The highest BCUT2D eigenvalue weighted by Crippen LogP contribution is 2.18. The van der Waals surface area contributed by atoms with Gasteiger partial charge in [0.2, 0.25) is 0 Å². The molecule has 1 atom stereocenters. The van der Waals surface area contributed by atoms with E-state index in [1.165, 1.54) is 51.2 Å². The number of nitrogens with one attached hydrogen (secondary N) is 3. The molecule has 6 heteroatoms. The van der Waals surface area contributed by atoms with Crippen LogP contribution < -0.4 is 15.4 Å². The predicted octanol–water partition coefficient (Wildman–Crippen LogP) is 2.03. The Bertz CT molecular complexity index is 207. The van der Waals surface area contributed by atoms with Gasteiger partial charge in [-0.05, 0) is 18.6 Å². The van der Waals surface area contributed by atoms with Gasteiger partial charge < -0.3 is 15.4 Å². The minimum Gasteiger partial charge on any atom is -0.374 e. The molecule has 3 N–H and O–H groups in total. The Balaban J connectivity index is 2.26. The van der Waals surface area contributed by atoms with Gasteiger partial charge in [-0.15, -0.1) is 0 Å². The molecule has 0 spiro atoms. The second kappa shape index (κ2) is 9.93. The highest BCUT2D eigenvalue weighted by Gasteiger charge is 2.28. The van der Waals surface area contributed by atoms with Crippen LogP contribution in [0.2, 0.25) is 12.6 Å². The molecule has 0 aromatic rings. The van der Waals surface area contributed by atoms with E-state index >= 15 is 0 Å². The van der Waals surface area contributed by atoms with Crippen molar-refractivity contribution in [1.82, 2.24) is 15.4 Å². The highest BCUT2D eigenvalue weighted by molar-refractivity contribution is 6.81. The maximum absolute atomic E-state index is 3.71. The average molecular weight is 249 g/mol. The topological polar surface area (TPSA) is 36.1 Å². The fourth-order valence-electron chi connectivity index (χ4n) is 2.73. The zero-order chi connectivity index (χ0) is 13.2. The number of rotatable bonds is 9. The van der Waals surface area contributed by atoms with Gasteiger partial charge in [0, 0.05) is 0 Å². The van der Waals surface area contributed by atoms with E-state index in [0.29, 0.717) is 14.0 Å². The SMILES string of the molecule is CCCCB1NBNB(CC(CC)CCCC)N1. The first-order valence-electron chi connectivity index (χ1n) is 8.02. The maximum atomic E-state index is 3.71. The van der Waals surface area contributed by atoms with Gasteiger partial charge in [0.05, 0.1) is 0 Å². The van der Waals surface area contributed by atoms with Crippen molar-refractivity contribution in [3.8, 4) is 0 Å². The molecule has 1 rings (SSSR count). The zero-order valence-electron chi connectivity index (χ0n) is 12.6. The molecule has 0 aromatic carbocycles. The molecule has 0 amide bonds. The van der Waals surface area contributed by atoms with Crippen molar-refractivity contribution in [1.29, 1.82) is 0 Å². The third kappa shape index (κ3) is 6.30. The Kier molecular flexibility index (Phi) is 8.90. The monoisotopic (exact) mass is 249 g/mol. The van der Waals surface area contributed by atoms with Crippen LogP contribution in [-0.2, 0) is 0 Å². The van der Waals surface area contributed by atoms with Crippen LogP contribution in [0.5, 0.6) is 0 Å². The van der Waals surface area contributed by atoms with Gasteiger partial charge in [-0.1, -0.05) is 59.3 Å². The number of unbranched alkanes of at least 4 members (excludes halogenated alkanes) is 2. The highest BCUT2D eigenvalue weighted by atomic mass is 15.0. The van der Waals surface area contributed by atoms with Gasteiger partial charge in [0.15, 0.2) is 0 Å². The lowest BCUT2D eigenvalue weighted by molar-refractivity contribution is 0.486. The third-order valence-corrected chi connectivity index (χ3v) is 4.06. The molecule has 1 heterocycles. The van der Waals surface area contributed by atoms with E-state index in [0.717, 1.165) is 13.5 Å². The number of hydrogen-bond donors (Lipinski definition) is 3. The van der Waals surface area contributed by atoms with E-state index in [2.05, 4.69) is 36.2 Å². The normalized spacial score (nSPS) is 17.7. The lowest BCUT2D eigenvalue weighted by Gasteiger charge is -2.30. The summed E-state index contributed by atoms with van der Waals surface area (Å²) in [5, 5.41) is 10.7. The van der Waals surface area contributed by atoms with E-state index in [4.69, 9.17) is 0 Å². The van der Waals surface area contributed by atoms with Gasteiger partial charge in [-0.3, -0.25) is 0 Å². The van der Waals surface area contributed by atoms with E-state index in [9.17, 15) is 0 Å². The Hall–Kier alpha value is 0.0748. The lowest BCUT2D eigenvalue weighted by atomic mass is 9.51. The molecule has 1 fully saturated rings. The van der Waals surface area contributed by atoms with E-state index in [-0.39, 0.29) is 0 Å². The Morgan fingerprint density at radius 1 is 1.00 bits per heavy atom. The van der Waals surface area contributed by atoms with Gasteiger partial charge in [0.1, 0.15) is 0 Å². The average Bonchev–Trinajstić information content (AvgIpc) is 2.41. The summed E-state index contributed by atoms with van der Waals surface area (Å²) in [5.74, 6) is 0.875. The molecular formula is C12H30B3N3. The Morgan fingerprint density at radius 3 is 2.39 bits per heavy atom. The summed E-state index contributed by atoms with van der Waals surface area (Å²) in [6.45, 7) is 7.90. The summed E-state index contributed by atoms with van der Waals surface area (Å²) in [4.78, 5) is 0. The summed E-state index contributed by atoms with van der Waals surface area (Å²) >= 11 is 0. The molecule has 0 aliphatic carbocycles.